The first-order valence-corrected chi connectivity index (χ1v) is 6.37. The van der Waals surface area contributed by atoms with Crippen LogP contribution in [-0.2, 0) is 0 Å². The van der Waals surface area contributed by atoms with Gasteiger partial charge in [0.25, 0.3) is 0 Å². The fourth-order valence-corrected chi connectivity index (χ4v) is 1.50. The number of nitrogens with zero attached hydrogens (tertiary/aromatic N) is 2. The van der Waals surface area contributed by atoms with Crippen LogP contribution in [-0.4, -0.2) is 37.2 Å². The van der Waals surface area contributed by atoms with Crippen LogP contribution in [0.4, 0.5) is 0 Å². The largest absolute Gasteiger partial charge is 0.476 e. The van der Waals surface area contributed by atoms with Crippen molar-refractivity contribution in [2.45, 2.75) is 18.9 Å². The Morgan fingerprint density at radius 3 is 3.00 bits per heavy atom. The Balaban J connectivity index is 1.64. The van der Waals surface area contributed by atoms with Crippen molar-refractivity contribution in [3.63, 3.8) is 0 Å². The number of hydrogen-bond acceptors (Lipinski definition) is 3. The molecule has 2 rings (SSSR count). The van der Waals surface area contributed by atoms with Crippen LogP contribution in [0.15, 0.2) is 23.3 Å². The number of guanidine groups is 1. The SMILES string of the molecule is CN=C(NCCOc1ccc(Cl)cn1)NC1CC1. The predicted molar refractivity (Wildman–Crippen MR) is 72.3 cm³/mol. The average Bonchev–Trinajstić information content (AvgIpc) is 3.19. The third kappa shape index (κ3) is 4.41. The molecule has 1 aromatic heterocycles. The molecule has 2 N–H and O–H groups in total. The highest BCUT2D eigenvalue weighted by Gasteiger charge is 2.21. The minimum Gasteiger partial charge on any atom is -0.476 e. The Morgan fingerprint density at radius 2 is 2.39 bits per heavy atom. The van der Waals surface area contributed by atoms with E-state index in [0.717, 1.165) is 5.96 Å². The van der Waals surface area contributed by atoms with Crippen molar-refractivity contribution < 1.29 is 4.74 Å². The Hall–Kier alpha value is -1.49. The van der Waals surface area contributed by atoms with Gasteiger partial charge >= 0.3 is 0 Å². The summed E-state index contributed by atoms with van der Waals surface area (Å²) in [4.78, 5) is 8.18. The Kier molecular flexibility index (Phi) is 4.64. The number of halogens is 1. The number of aliphatic imine (C=N–C) groups is 1. The molecule has 18 heavy (non-hydrogen) atoms. The number of aromatic nitrogens is 1. The summed E-state index contributed by atoms with van der Waals surface area (Å²) in [6, 6.07) is 4.10. The maximum atomic E-state index is 5.73. The van der Waals surface area contributed by atoms with Gasteiger partial charge < -0.3 is 15.4 Å². The molecule has 98 valence electrons. The molecule has 1 heterocycles. The van der Waals surface area contributed by atoms with Crippen LogP contribution in [0, 0.1) is 0 Å². The van der Waals surface area contributed by atoms with Gasteiger partial charge in [-0.3, -0.25) is 4.99 Å². The lowest BCUT2D eigenvalue weighted by molar-refractivity contribution is 0.309. The van der Waals surface area contributed by atoms with Crippen molar-refractivity contribution in [3.05, 3.63) is 23.4 Å². The van der Waals surface area contributed by atoms with E-state index < -0.39 is 0 Å². The molecule has 1 aliphatic carbocycles. The molecular weight excluding hydrogens is 252 g/mol. The molecule has 0 aliphatic heterocycles. The number of rotatable bonds is 5. The van der Waals surface area contributed by atoms with Crippen molar-refractivity contribution in [1.29, 1.82) is 0 Å². The van der Waals surface area contributed by atoms with Gasteiger partial charge in [-0.05, 0) is 18.9 Å². The first-order chi connectivity index (χ1) is 8.78. The van der Waals surface area contributed by atoms with E-state index in [1.54, 1.807) is 25.4 Å². The van der Waals surface area contributed by atoms with Gasteiger partial charge in [-0.25, -0.2) is 4.98 Å². The van der Waals surface area contributed by atoms with Crippen LogP contribution in [0.5, 0.6) is 5.88 Å². The first-order valence-electron chi connectivity index (χ1n) is 5.99. The van der Waals surface area contributed by atoms with Crippen LogP contribution in [0.25, 0.3) is 0 Å². The highest BCUT2D eigenvalue weighted by molar-refractivity contribution is 6.30. The zero-order chi connectivity index (χ0) is 12.8. The minimum atomic E-state index is 0.528. The molecule has 0 saturated heterocycles. The van der Waals surface area contributed by atoms with E-state index in [1.165, 1.54) is 12.8 Å². The Bertz CT molecular complexity index is 403. The van der Waals surface area contributed by atoms with Gasteiger partial charge in [0.05, 0.1) is 11.6 Å². The molecule has 0 aromatic carbocycles. The molecule has 1 aliphatic rings. The fourth-order valence-electron chi connectivity index (χ4n) is 1.39. The molecule has 0 unspecified atom stereocenters. The minimum absolute atomic E-state index is 0.528. The number of pyridine rings is 1. The average molecular weight is 269 g/mol. The third-order valence-electron chi connectivity index (χ3n) is 2.49. The quantitative estimate of drug-likeness (QED) is 0.482. The maximum Gasteiger partial charge on any atom is 0.213 e. The van der Waals surface area contributed by atoms with E-state index in [4.69, 9.17) is 16.3 Å². The normalized spacial score (nSPS) is 15.3. The molecule has 1 fully saturated rings. The molecule has 6 heteroatoms. The van der Waals surface area contributed by atoms with Crippen LogP contribution in [0.2, 0.25) is 5.02 Å². The molecule has 0 radical (unpaired) electrons. The van der Waals surface area contributed by atoms with E-state index in [-0.39, 0.29) is 0 Å². The summed E-state index contributed by atoms with van der Waals surface area (Å²) in [7, 11) is 1.76. The standard InChI is InChI=1S/C12H17ClN4O/c1-14-12(17-10-3-4-10)15-6-7-18-11-5-2-9(13)8-16-11/h2,5,8,10H,3-4,6-7H2,1H3,(H2,14,15,17). The first kappa shape index (κ1) is 13.0. The third-order valence-corrected chi connectivity index (χ3v) is 2.71. The molecule has 5 nitrogen and oxygen atoms in total. The lowest BCUT2D eigenvalue weighted by Crippen LogP contribution is -2.40. The van der Waals surface area contributed by atoms with Crippen molar-refractivity contribution >= 4 is 17.6 Å². The zero-order valence-corrected chi connectivity index (χ0v) is 11.1. The van der Waals surface area contributed by atoms with Crippen molar-refractivity contribution in [2.24, 2.45) is 4.99 Å². The Morgan fingerprint density at radius 1 is 1.56 bits per heavy atom. The highest BCUT2D eigenvalue weighted by Crippen LogP contribution is 2.18. The second-order valence-corrected chi connectivity index (χ2v) is 4.52. The number of hydrogen-bond donors (Lipinski definition) is 2. The molecule has 0 spiro atoms. The molecule has 1 saturated carbocycles. The summed E-state index contributed by atoms with van der Waals surface area (Å²) in [5.41, 5.74) is 0. The second-order valence-electron chi connectivity index (χ2n) is 4.08. The summed E-state index contributed by atoms with van der Waals surface area (Å²) >= 11 is 5.73. The van der Waals surface area contributed by atoms with Crippen molar-refractivity contribution in [2.75, 3.05) is 20.2 Å². The summed E-state index contributed by atoms with van der Waals surface area (Å²) in [5.74, 6) is 1.40. The van der Waals surface area contributed by atoms with Gasteiger partial charge in [0.2, 0.25) is 5.88 Å². The fraction of sp³-hybridized carbons (Fsp3) is 0.500. The lowest BCUT2D eigenvalue weighted by atomic mass is 10.5. The molecule has 0 bridgehead atoms. The van der Waals surface area contributed by atoms with E-state index in [1.807, 2.05) is 0 Å². The monoisotopic (exact) mass is 268 g/mol. The van der Waals surface area contributed by atoms with Crippen LogP contribution >= 0.6 is 11.6 Å². The van der Waals surface area contributed by atoms with E-state index >= 15 is 0 Å². The van der Waals surface area contributed by atoms with Gasteiger partial charge in [0.1, 0.15) is 6.61 Å². The number of ether oxygens (including phenoxy) is 1. The summed E-state index contributed by atoms with van der Waals surface area (Å²) in [6.07, 6.45) is 4.02. The topological polar surface area (TPSA) is 58.5 Å². The van der Waals surface area contributed by atoms with Gasteiger partial charge in [-0.1, -0.05) is 11.6 Å². The van der Waals surface area contributed by atoms with Crippen LogP contribution in [0.3, 0.4) is 0 Å². The van der Waals surface area contributed by atoms with Gasteiger partial charge in [0.15, 0.2) is 5.96 Å². The summed E-state index contributed by atoms with van der Waals surface area (Å²) in [6.45, 7) is 1.21. The van der Waals surface area contributed by atoms with E-state index in [2.05, 4.69) is 20.6 Å². The lowest BCUT2D eigenvalue weighted by Gasteiger charge is -2.11. The van der Waals surface area contributed by atoms with Gasteiger partial charge in [-0.15, -0.1) is 0 Å². The zero-order valence-electron chi connectivity index (χ0n) is 10.3. The summed E-state index contributed by atoms with van der Waals surface area (Å²) < 4.78 is 5.46. The predicted octanol–water partition coefficient (Wildman–Crippen LogP) is 1.44. The van der Waals surface area contributed by atoms with Crippen molar-refractivity contribution in [3.8, 4) is 5.88 Å². The van der Waals surface area contributed by atoms with Gasteiger partial charge in [0, 0.05) is 25.4 Å². The molecule has 0 amide bonds. The van der Waals surface area contributed by atoms with Gasteiger partial charge in [-0.2, -0.15) is 0 Å². The molecule has 0 atom stereocenters. The Labute approximate surface area is 112 Å². The summed E-state index contributed by atoms with van der Waals surface area (Å²) in [5, 5.41) is 7.09. The number of nitrogens with one attached hydrogen (secondary N) is 2. The van der Waals surface area contributed by atoms with Crippen molar-refractivity contribution in [1.82, 2.24) is 15.6 Å². The van der Waals surface area contributed by atoms with Crippen LogP contribution in [0.1, 0.15) is 12.8 Å². The van der Waals surface area contributed by atoms with E-state index in [0.29, 0.717) is 30.1 Å². The maximum absolute atomic E-state index is 5.73. The molecular formula is C12H17ClN4O. The van der Waals surface area contributed by atoms with Crippen LogP contribution < -0.4 is 15.4 Å². The van der Waals surface area contributed by atoms with E-state index in [9.17, 15) is 0 Å². The smallest absolute Gasteiger partial charge is 0.213 e. The molecule has 1 aromatic rings. The second kappa shape index (κ2) is 6.44. The highest BCUT2D eigenvalue weighted by atomic mass is 35.5.